The molecule has 3 aromatic carbocycles. The van der Waals surface area contributed by atoms with Crippen molar-refractivity contribution in [2.24, 2.45) is 0 Å². The normalized spacial score (nSPS) is 19.4. The van der Waals surface area contributed by atoms with E-state index in [4.69, 9.17) is 9.47 Å². The van der Waals surface area contributed by atoms with Crippen molar-refractivity contribution in [1.29, 1.82) is 0 Å². The Bertz CT molecular complexity index is 1290. The molecule has 1 aliphatic carbocycles. The van der Waals surface area contributed by atoms with Crippen molar-refractivity contribution in [3.63, 3.8) is 0 Å². The van der Waals surface area contributed by atoms with Gasteiger partial charge in [0.15, 0.2) is 0 Å². The molecule has 2 saturated heterocycles. The second-order valence-corrected chi connectivity index (χ2v) is 10.9. The largest absolute Gasteiger partial charge is 0.490 e. The van der Waals surface area contributed by atoms with E-state index in [9.17, 15) is 9.59 Å². The average Bonchev–Trinajstić information content (AvgIpc) is 3.29. The topological polar surface area (TPSA) is 71.1 Å². The van der Waals surface area contributed by atoms with Gasteiger partial charge in [0.1, 0.15) is 17.9 Å². The van der Waals surface area contributed by atoms with Gasteiger partial charge in [0.25, 0.3) is 5.91 Å². The Balaban J connectivity index is 1.17. The molecule has 7 nitrogen and oxygen atoms in total. The van der Waals surface area contributed by atoms with E-state index in [1.165, 1.54) is 11.1 Å². The third-order valence-corrected chi connectivity index (χ3v) is 8.23. The summed E-state index contributed by atoms with van der Waals surface area (Å²) >= 11 is 0. The highest BCUT2D eigenvalue weighted by molar-refractivity contribution is 5.98. The number of amides is 2. The molecule has 1 N–H and O–H groups in total. The van der Waals surface area contributed by atoms with Gasteiger partial charge in [-0.3, -0.25) is 9.59 Å². The summed E-state index contributed by atoms with van der Waals surface area (Å²) in [6, 6.07) is 23.7. The van der Waals surface area contributed by atoms with Crippen molar-refractivity contribution in [3.8, 4) is 5.75 Å². The number of fused-ring (bicyclic) bond motifs is 1. The number of nitrogens with one attached hydrogen (secondary N) is 1. The molecular weight excluding hydrogens is 502 g/mol. The standard InChI is InChI=1S/C33H37N3O4/c37-32-31(7-3-4-16-34-32)36(33(38)25-10-12-28(13-11-25)35-17-19-39-20-18-35)23-24-8-14-29(15-9-24)40-30-21-26-5-1-2-6-27(26)22-30/h1-2,5-6,8-15,30-31H,3-4,7,16-23H2,(H,34,37)/t31-/m0/s1. The first kappa shape index (κ1) is 26.4. The van der Waals surface area contributed by atoms with Crippen LogP contribution in [0.1, 0.15) is 46.3 Å². The van der Waals surface area contributed by atoms with Crippen LogP contribution in [0.15, 0.2) is 72.8 Å². The zero-order chi connectivity index (χ0) is 27.3. The van der Waals surface area contributed by atoms with Gasteiger partial charge in [-0.1, -0.05) is 36.4 Å². The molecule has 6 rings (SSSR count). The molecule has 0 radical (unpaired) electrons. The third-order valence-electron chi connectivity index (χ3n) is 8.23. The van der Waals surface area contributed by atoms with Crippen molar-refractivity contribution >= 4 is 17.5 Å². The summed E-state index contributed by atoms with van der Waals surface area (Å²) in [5.41, 5.74) is 5.36. The molecule has 3 aromatic rings. The predicted molar refractivity (Wildman–Crippen MR) is 155 cm³/mol. The Kier molecular flexibility index (Phi) is 8.00. The third kappa shape index (κ3) is 5.99. The highest BCUT2D eigenvalue weighted by Gasteiger charge is 2.32. The fraction of sp³-hybridized carbons (Fsp3) is 0.394. The highest BCUT2D eigenvalue weighted by Crippen LogP contribution is 2.27. The van der Waals surface area contributed by atoms with Crippen molar-refractivity contribution in [2.75, 3.05) is 37.7 Å². The maximum absolute atomic E-state index is 13.9. The molecule has 7 heteroatoms. The molecule has 2 heterocycles. The molecule has 0 bridgehead atoms. The Labute approximate surface area is 236 Å². The van der Waals surface area contributed by atoms with E-state index < -0.39 is 6.04 Å². The van der Waals surface area contributed by atoms with Gasteiger partial charge in [-0.05, 0) is 72.4 Å². The maximum atomic E-state index is 13.9. The van der Waals surface area contributed by atoms with Crippen LogP contribution in [0.5, 0.6) is 5.75 Å². The van der Waals surface area contributed by atoms with Crippen LogP contribution in [0.4, 0.5) is 5.69 Å². The summed E-state index contributed by atoms with van der Waals surface area (Å²) in [5, 5.41) is 3.01. The van der Waals surface area contributed by atoms with Crippen molar-refractivity contribution in [3.05, 3.63) is 95.1 Å². The zero-order valence-corrected chi connectivity index (χ0v) is 22.9. The van der Waals surface area contributed by atoms with Gasteiger partial charge in [0.05, 0.1) is 13.2 Å². The number of ether oxygens (including phenoxy) is 2. The first-order chi connectivity index (χ1) is 19.6. The molecule has 40 heavy (non-hydrogen) atoms. The van der Waals surface area contributed by atoms with E-state index in [1.54, 1.807) is 4.90 Å². The summed E-state index contributed by atoms with van der Waals surface area (Å²) in [4.78, 5) is 30.9. The fourth-order valence-electron chi connectivity index (χ4n) is 6.01. The number of morpholine rings is 1. The number of hydrogen-bond donors (Lipinski definition) is 1. The van der Waals surface area contributed by atoms with E-state index >= 15 is 0 Å². The molecule has 0 spiro atoms. The van der Waals surface area contributed by atoms with Gasteiger partial charge in [-0.15, -0.1) is 0 Å². The molecule has 2 fully saturated rings. The first-order valence-corrected chi connectivity index (χ1v) is 14.5. The van der Waals surface area contributed by atoms with E-state index in [-0.39, 0.29) is 17.9 Å². The van der Waals surface area contributed by atoms with Crippen LogP contribution in [-0.2, 0) is 28.9 Å². The van der Waals surface area contributed by atoms with Crippen LogP contribution in [0.25, 0.3) is 0 Å². The van der Waals surface area contributed by atoms with Crippen LogP contribution >= 0.6 is 0 Å². The van der Waals surface area contributed by atoms with E-state index in [0.29, 0.717) is 38.3 Å². The number of nitrogens with zero attached hydrogens (tertiary/aromatic N) is 2. The van der Waals surface area contributed by atoms with E-state index in [1.807, 2.05) is 48.5 Å². The van der Waals surface area contributed by atoms with Gasteiger partial charge in [0.2, 0.25) is 5.91 Å². The Morgan fingerprint density at radius 3 is 2.33 bits per heavy atom. The van der Waals surface area contributed by atoms with Gasteiger partial charge in [-0.25, -0.2) is 0 Å². The van der Waals surface area contributed by atoms with Gasteiger partial charge in [-0.2, -0.15) is 0 Å². The minimum Gasteiger partial charge on any atom is -0.490 e. The number of anilines is 1. The molecule has 2 amide bonds. The van der Waals surface area contributed by atoms with Crippen molar-refractivity contribution in [2.45, 2.75) is 50.8 Å². The van der Waals surface area contributed by atoms with E-state index in [2.05, 4.69) is 34.5 Å². The predicted octanol–water partition coefficient (Wildman–Crippen LogP) is 4.38. The number of carbonyl (C=O) groups excluding carboxylic acids is 2. The molecule has 0 unspecified atom stereocenters. The summed E-state index contributed by atoms with van der Waals surface area (Å²) < 4.78 is 11.8. The fourth-order valence-corrected chi connectivity index (χ4v) is 6.01. The van der Waals surface area contributed by atoms with Gasteiger partial charge < -0.3 is 24.6 Å². The van der Waals surface area contributed by atoms with Crippen LogP contribution in [0.3, 0.4) is 0 Å². The zero-order valence-electron chi connectivity index (χ0n) is 22.9. The van der Waals surface area contributed by atoms with Crippen LogP contribution in [0.2, 0.25) is 0 Å². The molecule has 0 saturated carbocycles. The Morgan fingerprint density at radius 1 is 0.925 bits per heavy atom. The minimum absolute atomic E-state index is 0.0726. The highest BCUT2D eigenvalue weighted by atomic mass is 16.5. The van der Waals surface area contributed by atoms with Gasteiger partial charge in [0, 0.05) is 50.3 Å². The Hall–Kier alpha value is -3.84. The van der Waals surface area contributed by atoms with Gasteiger partial charge >= 0.3 is 0 Å². The molecule has 3 aliphatic rings. The first-order valence-electron chi connectivity index (χ1n) is 14.5. The molecular formula is C33H37N3O4. The monoisotopic (exact) mass is 539 g/mol. The number of rotatable bonds is 7. The van der Waals surface area contributed by atoms with Crippen molar-refractivity contribution < 1.29 is 19.1 Å². The Morgan fingerprint density at radius 2 is 1.62 bits per heavy atom. The second-order valence-electron chi connectivity index (χ2n) is 10.9. The maximum Gasteiger partial charge on any atom is 0.254 e. The van der Waals surface area contributed by atoms with Crippen LogP contribution < -0.4 is 15.0 Å². The van der Waals surface area contributed by atoms with Crippen molar-refractivity contribution in [1.82, 2.24) is 10.2 Å². The quantitative estimate of drug-likeness (QED) is 0.483. The number of carbonyl (C=O) groups is 2. The smallest absolute Gasteiger partial charge is 0.254 e. The summed E-state index contributed by atoms with van der Waals surface area (Å²) in [6.07, 6.45) is 4.46. The lowest BCUT2D eigenvalue weighted by molar-refractivity contribution is -0.125. The second kappa shape index (κ2) is 12.1. The summed E-state index contributed by atoms with van der Waals surface area (Å²) in [5.74, 6) is 0.626. The lowest BCUT2D eigenvalue weighted by atomic mass is 10.0. The number of benzene rings is 3. The molecule has 2 aliphatic heterocycles. The average molecular weight is 540 g/mol. The molecule has 0 aromatic heterocycles. The lowest BCUT2D eigenvalue weighted by Crippen LogP contribution is -2.48. The van der Waals surface area contributed by atoms with Crippen LogP contribution in [0, 0.1) is 0 Å². The summed E-state index contributed by atoms with van der Waals surface area (Å²) in [7, 11) is 0. The SMILES string of the molecule is O=C1NCCCC[C@@H]1N(Cc1ccc(OC2Cc3ccccc3C2)cc1)C(=O)c1ccc(N2CCOCC2)cc1. The molecule has 1 atom stereocenters. The van der Waals surface area contributed by atoms with E-state index in [0.717, 1.165) is 55.8 Å². The minimum atomic E-state index is -0.498. The molecule has 208 valence electrons. The van der Waals surface area contributed by atoms with Crippen LogP contribution in [-0.4, -0.2) is 61.7 Å². The number of hydrogen-bond acceptors (Lipinski definition) is 5. The summed E-state index contributed by atoms with van der Waals surface area (Å²) in [6.45, 7) is 4.12. The lowest BCUT2D eigenvalue weighted by Gasteiger charge is -2.31.